The fourth-order valence-electron chi connectivity index (χ4n) is 2.08. The molecular formula is C16H26BrNO. The Morgan fingerprint density at radius 1 is 1.37 bits per heavy atom. The van der Waals surface area contributed by atoms with Crippen LogP contribution in [0.25, 0.3) is 0 Å². The van der Waals surface area contributed by atoms with Crippen molar-refractivity contribution < 1.29 is 4.74 Å². The van der Waals surface area contributed by atoms with E-state index in [0.717, 1.165) is 29.6 Å². The van der Waals surface area contributed by atoms with Crippen molar-refractivity contribution in [3.63, 3.8) is 0 Å². The number of rotatable bonds is 7. The van der Waals surface area contributed by atoms with Crippen LogP contribution in [0.2, 0.25) is 0 Å². The maximum Gasteiger partial charge on any atom is 0.133 e. The number of benzene rings is 1. The van der Waals surface area contributed by atoms with Crippen LogP contribution in [0, 0.1) is 5.41 Å². The molecule has 1 atom stereocenters. The lowest BCUT2D eigenvalue weighted by Gasteiger charge is -2.30. The molecule has 0 saturated carbocycles. The van der Waals surface area contributed by atoms with E-state index in [1.165, 1.54) is 5.56 Å². The van der Waals surface area contributed by atoms with Crippen LogP contribution in [0.5, 0.6) is 5.75 Å². The Hall–Kier alpha value is -0.540. The normalized spacial score (nSPS) is 14.5. The number of hydrogen-bond acceptors (Lipinski definition) is 2. The van der Waals surface area contributed by atoms with Gasteiger partial charge in [0.05, 0.1) is 11.6 Å². The predicted octanol–water partition coefficient (Wildman–Crippen LogP) is 4.41. The molecule has 0 amide bonds. The lowest BCUT2D eigenvalue weighted by molar-refractivity contribution is 0.281. The summed E-state index contributed by atoms with van der Waals surface area (Å²) in [6, 6.07) is 6.90. The van der Waals surface area contributed by atoms with Crippen molar-refractivity contribution in [3.8, 4) is 5.75 Å². The number of ether oxygens (including phenoxy) is 1. The first-order valence-corrected chi connectivity index (χ1v) is 7.75. The molecule has 1 rings (SSSR count). The Morgan fingerprint density at radius 2 is 2.05 bits per heavy atom. The highest BCUT2D eigenvalue weighted by atomic mass is 79.9. The van der Waals surface area contributed by atoms with Gasteiger partial charge in [-0.1, -0.05) is 33.8 Å². The average Bonchev–Trinajstić information content (AvgIpc) is 2.37. The third-order valence-corrected chi connectivity index (χ3v) is 4.26. The zero-order valence-corrected chi connectivity index (χ0v) is 14.3. The maximum atomic E-state index is 5.28. The maximum absolute atomic E-state index is 5.28. The highest BCUT2D eigenvalue weighted by Gasteiger charge is 2.23. The first-order chi connectivity index (χ1) is 8.90. The van der Waals surface area contributed by atoms with Gasteiger partial charge in [-0.05, 0) is 51.9 Å². The third kappa shape index (κ3) is 5.15. The van der Waals surface area contributed by atoms with Crippen LogP contribution in [0.1, 0.15) is 39.7 Å². The Labute approximate surface area is 126 Å². The fraction of sp³-hybridized carbons (Fsp3) is 0.625. The van der Waals surface area contributed by atoms with E-state index < -0.39 is 0 Å². The molecule has 1 unspecified atom stereocenters. The van der Waals surface area contributed by atoms with Crippen molar-refractivity contribution in [2.75, 3.05) is 13.7 Å². The second kappa shape index (κ2) is 7.30. The van der Waals surface area contributed by atoms with Gasteiger partial charge in [0.15, 0.2) is 0 Å². The topological polar surface area (TPSA) is 21.3 Å². The largest absolute Gasteiger partial charge is 0.496 e. The minimum Gasteiger partial charge on any atom is -0.496 e. The van der Waals surface area contributed by atoms with Gasteiger partial charge in [-0.3, -0.25) is 0 Å². The molecule has 1 aromatic carbocycles. The lowest BCUT2D eigenvalue weighted by Crippen LogP contribution is -2.36. The molecule has 0 aliphatic heterocycles. The molecule has 0 heterocycles. The van der Waals surface area contributed by atoms with E-state index in [-0.39, 0.29) is 5.41 Å². The van der Waals surface area contributed by atoms with Crippen LogP contribution >= 0.6 is 15.9 Å². The Balaban J connectivity index is 2.77. The summed E-state index contributed by atoms with van der Waals surface area (Å²) in [6.45, 7) is 10.0. The standard InChI is InChI=1S/C16H26BrNO/c1-6-16(4,11-18-12(2)3)10-13-7-8-15(19-5)14(17)9-13/h7-9,12,18H,6,10-11H2,1-5H3. The van der Waals surface area contributed by atoms with Crippen molar-refractivity contribution in [1.82, 2.24) is 5.32 Å². The summed E-state index contributed by atoms with van der Waals surface area (Å²) in [7, 11) is 1.70. The van der Waals surface area contributed by atoms with Crippen molar-refractivity contribution in [2.45, 2.75) is 46.6 Å². The Bertz CT molecular complexity index is 406. The molecule has 0 aromatic heterocycles. The molecule has 0 bridgehead atoms. The molecule has 108 valence electrons. The molecular weight excluding hydrogens is 302 g/mol. The zero-order valence-electron chi connectivity index (χ0n) is 12.7. The van der Waals surface area contributed by atoms with E-state index in [1.807, 2.05) is 6.07 Å². The minimum atomic E-state index is 0.290. The number of nitrogens with one attached hydrogen (secondary N) is 1. The van der Waals surface area contributed by atoms with Gasteiger partial charge in [-0.15, -0.1) is 0 Å². The summed E-state index contributed by atoms with van der Waals surface area (Å²) in [5, 5.41) is 3.56. The van der Waals surface area contributed by atoms with E-state index in [4.69, 9.17) is 4.74 Å². The van der Waals surface area contributed by atoms with Crippen molar-refractivity contribution in [2.24, 2.45) is 5.41 Å². The molecule has 0 saturated heterocycles. The summed E-state index contributed by atoms with van der Waals surface area (Å²) in [4.78, 5) is 0. The summed E-state index contributed by atoms with van der Waals surface area (Å²) in [5.74, 6) is 0.891. The highest BCUT2D eigenvalue weighted by molar-refractivity contribution is 9.10. The van der Waals surface area contributed by atoms with Crippen molar-refractivity contribution in [3.05, 3.63) is 28.2 Å². The summed E-state index contributed by atoms with van der Waals surface area (Å²) < 4.78 is 6.31. The van der Waals surface area contributed by atoms with Crippen molar-refractivity contribution >= 4 is 15.9 Å². The van der Waals surface area contributed by atoms with Gasteiger partial charge in [-0.2, -0.15) is 0 Å². The van der Waals surface area contributed by atoms with Crippen LogP contribution < -0.4 is 10.1 Å². The zero-order chi connectivity index (χ0) is 14.5. The molecule has 1 aromatic rings. The molecule has 0 radical (unpaired) electrons. The molecule has 0 aliphatic carbocycles. The number of hydrogen-bond donors (Lipinski definition) is 1. The summed E-state index contributed by atoms with van der Waals surface area (Å²) >= 11 is 3.56. The molecule has 3 heteroatoms. The fourth-order valence-corrected chi connectivity index (χ4v) is 2.66. The second-order valence-corrected chi connectivity index (χ2v) is 6.70. The number of halogens is 1. The third-order valence-electron chi connectivity index (χ3n) is 3.64. The molecule has 1 N–H and O–H groups in total. The monoisotopic (exact) mass is 327 g/mol. The molecule has 2 nitrogen and oxygen atoms in total. The molecule has 0 spiro atoms. The first kappa shape index (κ1) is 16.5. The van der Waals surface area contributed by atoms with E-state index in [0.29, 0.717) is 6.04 Å². The van der Waals surface area contributed by atoms with Gasteiger partial charge in [0.1, 0.15) is 5.75 Å². The van der Waals surface area contributed by atoms with E-state index in [2.05, 4.69) is 61.1 Å². The van der Waals surface area contributed by atoms with Gasteiger partial charge in [0, 0.05) is 12.6 Å². The van der Waals surface area contributed by atoms with Gasteiger partial charge in [0.2, 0.25) is 0 Å². The summed E-state index contributed by atoms with van der Waals surface area (Å²) in [6.07, 6.45) is 2.24. The summed E-state index contributed by atoms with van der Waals surface area (Å²) in [5.41, 5.74) is 1.64. The van der Waals surface area contributed by atoms with Crippen molar-refractivity contribution in [1.29, 1.82) is 0 Å². The number of methoxy groups -OCH3 is 1. The van der Waals surface area contributed by atoms with E-state index in [1.54, 1.807) is 7.11 Å². The first-order valence-electron chi connectivity index (χ1n) is 6.96. The highest BCUT2D eigenvalue weighted by Crippen LogP contribution is 2.30. The molecule has 0 aliphatic rings. The predicted molar refractivity (Wildman–Crippen MR) is 85.9 cm³/mol. The second-order valence-electron chi connectivity index (χ2n) is 5.85. The Kier molecular flexibility index (Phi) is 6.34. The molecule has 0 fully saturated rings. The SMILES string of the molecule is CCC(C)(CNC(C)C)Cc1ccc(OC)c(Br)c1. The van der Waals surface area contributed by atoms with E-state index >= 15 is 0 Å². The van der Waals surface area contributed by atoms with E-state index in [9.17, 15) is 0 Å². The van der Waals surface area contributed by atoms with Crippen LogP contribution in [0.4, 0.5) is 0 Å². The average molecular weight is 328 g/mol. The van der Waals surface area contributed by atoms with Crippen LogP contribution in [-0.4, -0.2) is 19.7 Å². The van der Waals surface area contributed by atoms with Crippen LogP contribution in [-0.2, 0) is 6.42 Å². The quantitative estimate of drug-likeness (QED) is 0.800. The van der Waals surface area contributed by atoms with Crippen LogP contribution in [0.3, 0.4) is 0 Å². The van der Waals surface area contributed by atoms with Crippen LogP contribution in [0.15, 0.2) is 22.7 Å². The Morgan fingerprint density at radius 3 is 2.53 bits per heavy atom. The van der Waals surface area contributed by atoms with Gasteiger partial charge >= 0.3 is 0 Å². The lowest BCUT2D eigenvalue weighted by atomic mass is 9.81. The van der Waals surface area contributed by atoms with Gasteiger partial charge in [-0.25, -0.2) is 0 Å². The smallest absolute Gasteiger partial charge is 0.133 e. The molecule has 19 heavy (non-hydrogen) atoms. The minimum absolute atomic E-state index is 0.290. The van der Waals surface area contributed by atoms with Gasteiger partial charge in [0.25, 0.3) is 0 Å². The van der Waals surface area contributed by atoms with Gasteiger partial charge < -0.3 is 10.1 Å².